The summed E-state index contributed by atoms with van der Waals surface area (Å²) in [7, 11) is 1.89. The van der Waals surface area contributed by atoms with Crippen molar-refractivity contribution in [3.05, 3.63) is 29.3 Å². The average Bonchev–Trinajstić information content (AvgIpc) is 2.66. The van der Waals surface area contributed by atoms with Crippen molar-refractivity contribution in [2.24, 2.45) is 47.3 Å². The molecule has 8 aliphatic rings. The van der Waals surface area contributed by atoms with E-state index < -0.39 is 0 Å². The molecule has 28 heavy (non-hydrogen) atoms. The maximum atomic E-state index is 5.88. The molecule has 0 radical (unpaired) electrons. The second kappa shape index (κ2) is 6.02. The normalized spacial score (nSPS) is 50.3. The van der Waals surface area contributed by atoms with Crippen molar-refractivity contribution in [2.45, 2.75) is 76.0 Å². The molecule has 0 amide bonds. The number of ether oxygens (including phenoxy) is 1. The van der Waals surface area contributed by atoms with Crippen LogP contribution in [0, 0.1) is 47.3 Å². The number of hydrogen-bond acceptors (Lipinski definition) is 1. The van der Waals surface area contributed by atoms with Gasteiger partial charge in [0.25, 0.3) is 0 Å². The third-order valence-corrected chi connectivity index (χ3v) is 10.4. The molecule has 8 aliphatic carbocycles. The Kier molecular flexibility index (Phi) is 3.61. The molecule has 0 aliphatic heterocycles. The van der Waals surface area contributed by atoms with Crippen molar-refractivity contribution in [2.75, 3.05) is 7.11 Å². The summed E-state index contributed by atoms with van der Waals surface area (Å²) in [5.41, 5.74) is 3.33. The minimum Gasteiger partial charge on any atom is -0.497 e. The third kappa shape index (κ3) is 2.43. The summed E-state index contributed by atoms with van der Waals surface area (Å²) in [5.74, 6) is 10.9. The van der Waals surface area contributed by atoms with Crippen LogP contribution in [-0.2, 0) is 0 Å². The van der Waals surface area contributed by atoms with Gasteiger partial charge < -0.3 is 4.74 Å². The number of hydrogen-bond donors (Lipinski definition) is 0. The van der Waals surface area contributed by atoms with Crippen molar-refractivity contribution in [3.8, 4) is 5.75 Å². The highest BCUT2D eigenvalue weighted by Gasteiger charge is 2.50. The molecular weight excluding hydrogens is 340 g/mol. The lowest BCUT2D eigenvalue weighted by Gasteiger charge is -2.55. The Morgan fingerprint density at radius 3 is 1.21 bits per heavy atom. The van der Waals surface area contributed by atoms with Crippen molar-refractivity contribution >= 4 is 0 Å². The Morgan fingerprint density at radius 1 is 0.536 bits per heavy atom. The lowest BCUT2D eigenvalue weighted by molar-refractivity contribution is -0.00507. The zero-order valence-electron chi connectivity index (χ0n) is 17.5. The van der Waals surface area contributed by atoms with Crippen molar-refractivity contribution < 1.29 is 4.74 Å². The monoisotopic (exact) mass is 376 g/mol. The molecule has 1 heteroatoms. The van der Waals surface area contributed by atoms with Crippen molar-refractivity contribution in [3.63, 3.8) is 0 Å². The molecule has 150 valence electrons. The summed E-state index contributed by atoms with van der Waals surface area (Å²) >= 11 is 0. The lowest BCUT2D eigenvalue weighted by Crippen LogP contribution is -2.44. The van der Waals surface area contributed by atoms with Crippen LogP contribution in [0.5, 0.6) is 5.75 Å². The van der Waals surface area contributed by atoms with Gasteiger partial charge in [-0.25, -0.2) is 0 Å². The molecule has 8 saturated carbocycles. The van der Waals surface area contributed by atoms with Crippen LogP contribution < -0.4 is 4.74 Å². The molecule has 9 rings (SSSR count). The van der Waals surface area contributed by atoms with Gasteiger partial charge in [0.15, 0.2) is 0 Å². The largest absolute Gasteiger partial charge is 0.497 e. The maximum Gasteiger partial charge on any atom is 0.119 e. The second-order valence-electron chi connectivity index (χ2n) is 12.0. The van der Waals surface area contributed by atoms with Gasteiger partial charge in [-0.1, -0.05) is 6.07 Å². The second-order valence-corrected chi connectivity index (χ2v) is 12.0. The number of rotatable bonds is 3. The van der Waals surface area contributed by atoms with Crippen LogP contribution >= 0.6 is 0 Å². The topological polar surface area (TPSA) is 9.23 Å². The van der Waals surface area contributed by atoms with Gasteiger partial charge in [0.05, 0.1) is 7.11 Å². The van der Waals surface area contributed by atoms with E-state index in [-0.39, 0.29) is 0 Å². The fourth-order valence-electron chi connectivity index (χ4n) is 10.1. The van der Waals surface area contributed by atoms with E-state index in [0.29, 0.717) is 0 Å². The highest BCUT2D eigenvalue weighted by Crippen LogP contribution is 2.62. The highest BCUT2D eigenvalue weighted by molar-refractivity contribution is 5.40. The van der Waals surface area contributed by atoms with Crippen LogP contribution in [0.15, 0.2) is 18.2 Å². The molecule has 1 aromatic carbocycles. The van der Waals surface area contributed by atoms with Crippen molar-refractivity contribution in [1.82, 2.24) is 0 Å². The van der Waals surface area contributed by atoms with Crippen LogP contribution in [0.1, 0.15) is 87.2 Å². The summed E-state index contributed by atoms with van der Waals surface area (Å²) in [6.07, 6.45) is 15.2. The first-order valence-electron chi connectivity index (χ1n) is 12.4. The summed E-state index contributed by atoms with van der Waals surface area (Å²) in [5, 5.41) is 0. The Balaban J connectivity index is 1.26. The molecule has 1 nitrogen and oxygen atoms in total. The van der Waals surface area contributed by atoms with Gasteiger partial charge in [0.2, 0.25) is 0 Å². The van der Waals surface area contributed by atoms with E-state index in [1.54, 1.807) is 24.0 Å². The predicted molar refractivity (Wildman–Crippen MR) is 113 cm³/mol. The van der Waals surface area contributed by atoms with Crippen LogP contribution in [0.4, 0.5) is 0 Å². The minimum atomic E-state index is 0.832. The number of methoxy groups -OCH3 is 1. The molecule has 0 spiro atoms. The molecule has 8 bridgehead atoms. The predicted octanol–water partition coefficient (Wildman–Crippen LogP) is 6.77. The Bertz CT molecular complexity index is 662. The first kappa shape index (κ1) is 16.8. The van der Waals surface area contributed by atoms with Crippen LogP contribution in [0.3, 0.4) is 0 Å². The lowest BCUT2D eigenvalue weighted by atomic mass is 9.49. The third-order valence-electron chi connectivity index (χ3n) is 10.4. The highest BCUT2D eigenvalue weighted by atomic mass is 16.5. The van der Waals surface area contributed by atoms with E-state index >= 15 is 0 Å². The van der Waals surface area contributed by atoms with Gasteiger partial charge in [-0.05, 0) is 147 Å². The van der Waals surface area contributed by atoms with Gasteiger partial charge in [0.1, 0.15) is 5.75 Å². The van der Waals surface area contributed by atoms with E-state index in [4.69, 9.17) is 4.74 Å². The molecule has 0 aromatic heterocycles. The first-order valence-corrected chi connectivity index (χ1v) is 12.4. The van der Waals surface area contributed by atoms with Gasteiger partial charge in [-0.15, -0.1) is 0 Å². The van der Waals surface area contributed by atoms with Crippen LogP contribution in [-0.4, -0.2) is 7.11 Å². The maximum absolute atomic E-state index is 5.88. The van der Waals surface area contributed by atoms with E-state index in [1.165, 1.54) is 51.4 Å². The average molecular weight is 377 g/mol. The van der Waals surface area contributed by atoms with Gasteiger partial charge >= 0.3 is 0 Å². The molecule has 0 unspecified atom stereocenters. The molecular formula is C27H36O. The van der Waals surface area contributed by atoms with Gasteiger partial charge in [-0.3, -0.25) is 0 Å². The molecule has 0 N–H and O–H groups in total. The minimum absolute atomic E-state index is 0.832. The van der Waals surface area contributed by atoms with E-state index in [9.17, 15) is 0 Å². The quantitative estimate of drug-likeness (QED) is 0.565. The Hall–Kier alpha value is -0.980. The Morgan fingerprint density at radius 2 is 0.893 bits per heavy atom. The summed E-state index contributed by atoms with van der Waals surface area (Å²) in [6, 6.07) is 7.57. The molecule has 1 aromatic rings. The summed E-state index contributed by atoms with van der Waals surface area (Å²) in [6.45, 7) is 0. The fourth-order valence-corrected chi connectivity index (χ4v) is 10.1. The van der Waals surface area contributed by atoms with E-state index in [0.717, 1.165) is 64.9 Å². The molecule has 0 heterocycles. The smallest absolute Gasteiger partial charge is 0.119 e. The van der Waals surface area contributed by atoms with Gasteiger partial charge in [-0.2, -0.15) is 0 Å². The number of benzene rings is 1. The van der Waals surface area contributed by atoms with Crippen LogP contribution in [0.25, 0.3) is 0 Å². The summed E-state index contributed by atoms with van der Waals surface area (Å²) in [4.78, 5) is 0. The summed E-state index contributed by atoms with van der Waals surface area (Å²) < 4.78 is 5.88. The molecule has 0 saturated heterocycles. The van der Waals surface area contributed by atoms with E-state index in [1.807, 2.05) is 7.11 Å². The zero-order valence-corrected chi connectivity index (χ0v) is 17.5. The zero-order chi connectivity index (χ0) is 18.4. The Labute approximate surface area is 170 Å². The van der Waals surface area contributed by atoms with Crippen LogP contribution in [0.2, 0.25) is 0 Å². The standard InChI is InChI=1S/C27H36O/c1-28-25-13-23(26-19-4-15-2-16(6-19)7-20(26)5-15)12-24(14-25)27-21-8-17-3-18(10-21)11-22(27)9-17/h12-22,26-27H,2-11H2,1H3. The molecule has 8 fully saturated rings. The van der Waals surface area contributed by atoms with Crippen molar-refractivity contribution in [1.29, 1.82) is 0 Å². The molecule has 0 atom stereocenters. The first-order chi connectivity index (χ1) is 13.7. The van der Waals surface area contributed by atoms with Gasteiger partial charge in [0, 0.05) is 0 Å². The van der Waals surface area contributed by atoms with E-state index in [2.05, 4.69) is 18.2 Å². The fraction of sp³-hybridized carbons (Fsp3) is 0.778. The SMILES string of the molecule is COc1cc(C2C3CC4CC(C3)CC2C4)cc(C2C3CC4CC(C3)CC2C4)c1.